The summed E-state index contributed by atoms with van der Waals surface area (Å²) in [7, 11) is 0. The van der Waals surface area contributed by atoms with E-state index in [1.807, 2.05) is 47.4 Å². The van der Waals surface area contributed by atoms with E-state index < -0.39 is 0 Å². The van der Waals surface area contributed by atoms with Crippen LogP contribution in [-0.2, 0) is 16.0 Å². The summed E-state index contributed by atoms with van der Waals surface area (Å²) in [6.07, 6.45) is 5.95. The van der Waals surface area contributed by atoms with Crippen molar-refractivity contribution in [1.82, 2.24) is 10.2 Å². The van der Waals surface area contributed by atoms with E-state index in [2.05, 4.69) is 5.32 Å². The molecule has 0 saturated carbocycles. The number of benzene rings is 2. The summed E-state index contributed by atoms with van der Waals surface area (Å²) in [5.41, 5.74) is 1.54. The molecule has 0 atom stereocenters. The van der Waals surface area contributed by atoms with Gasteiger partial charge in [0.25, 0.3) is 5.91 Å². The number of carbonyl (C=O) groups excluding carboxylic acids is 2. The van der Waals surface area contributed by atoms with E-state index in [0.717, 1.165) is 50.8 Å². The highest BCUT2D eigenvalue weighted by atomic mass is 35.5. The second-order valence-corrected chi connectivity index (χ2v) is 9.99. The van der Waals surface area contributed by atoms with Crippen molar-refractivity contribution in [2.75, 3.05) is 39.5 Å². The lowest BCUT2D eigenvalue weighted by Gasteiger charge is -2.42. The Hall–Kier alpha value is -2.57. The van der Waals surface area contributed by atoms with E-state index in [-0.39, 0.29) is 17.2 Å². The van der Waals surface area contributed by atoms with Gasteiger partial charge in [-0.1, -0.05) is 48.4 Å². The molecule has 2 aliphatic rings. The van der Waals surface area contributed by atoms with Crippen LogP contribution in [0.25, 0.3) is 0 Å². The molecule has 1 spiro atoms. The highest BCUT2D eigenvalue weighted by molar-refractivity contribution is 6.31. The van der Waals surface area contributed by atoms with Crippen molar-refractivity contribution in [3.05, 3.63) is 64.7 Å². The van der Waals surface area contributed by atoms with E-state index in [1.54, 1.807) is 6.07 Å². The molecular weight excluding hydrogens is 464 g/mol. The molecule has 4 rings (SSSR count). The summed E-state index contributed by atoms with van der Waals surface area (Å²) in [6.45, 7) is 3.67. The molecule has 2 heterocycles. The molecular formula is C28H35ClN2O4. The molecule has 1 fully saturated rings. The molecule has 1 N–H and O–H groups in total. The molecule has 0 radical (unpaired) electrons. The number of rotatable bonds is 3. The third-order valence-corrected chi connectivity index (χ3v) is 7.55. The third kappa shape index (κ3) is 6.98. The first-order valence-corrected chi connectivity index (χ1v) is 13.0. The van der Waals surface area contributed by atoms with Gasteiger partial charge < -0.3 is 19.7 Å². The summed E-state index contributed by atoms with van der Waals surface area (Å²) >= 11 is 6.26. The Kier molecular flexibility index (Phi) is 9.05. The number of piperidine rings is 1. The summed E-state index contributed by atoms with van der Waals surface area (Å²) in [4.78, 5) is 27.6. The quantitative estimate of drug-likeness (QED) is 0.654. The third-order valence-electron chi connectivity index (χ3n) is 7.19. The molecule has 0 aliphatic carbocycles. The van der Waals surface area contributed by atoms with Crippen molar-refractivity contribution in [3.63, 3.8) is 0 Å². The zero-order chi connectivity index (χ0) is 24.5. The summed E-state index contributed by atoms with van der Waals surface area (Å²) in [5, 5.41) is 3.63. The van der Waals surface area contributed by atoms with Crippen LogP contribution in [0.1, 0.15) is 54.4 Å². The van der Waals surface area contributed by atoms with Crippen LogP contribution in [-0.4, -0.2) is 56.2 Å². The molecule has 2 aromatic rings. The molecule has 2 amide bonds. The van der Waals surface area contributed by atoms with Gasteiger partial charge >= 0.3 is 0 Å². The van der Waals surface area contributed by atoms with Gasteiger partial charge in [-0.05, 0) is 55.9 Å². The maximum Gasteiger partial charge on any atom is 0.255 e. The number of nitrogens with zero attached hydrogens (tertiary/aromatic N) is 1. The van der Waals surface area contributed by atoms with E-state index in [4.69, 9.17) is 21.1 Å². The highest BCUT2D eigenvalue weighted by Gasteiger charge is 2.36. The number of nitrogens with one attached hydrogen (secondary N) is 1. The minimum atomic E-state index is -0.144. The Labute approximate surface area is 212 Å². The zero-order valence-corrected chi connectivity index (χ0v) is 21.0. The van der Waals surface area contributed by atoms with Crippen LogP contribution in [0, 0.1) is 5.41 Å². The maximum absolute atomic E-state index is 12.9. The smallest absolute Gasteiger partial charge is 0.255 e. The van der Waals surface area contributed by atoms with Gasteiger partial charge in [-0.25, -0.2) is 0 Å². The SMILES string of the molecule is O=C1NCCOCCCCC2(CCN(C(=O)CCc3ccccc3Cl)CC2)COc2ccccc21. The van der Waals surface area contributed by atoms with Crippen LogP contribution in [0.5, 0.6) is 5.75 Å². The topological polar surface area (TPSA) is 67.9 Å². The maximum atomic E-state index is 12.9. The molecule has 1 saturated heterocycles. The second-order valence-electron chi connectivity index (χ2n) is 9.58. The Morgan fingerprint density at radius 1 is 1.00 bits per heavy atom. The van der Waals surface area contributed by atoms with Gasteiger partial charge in [0, 0.05) is 43.1 Å². The number of ether oxygens (including phenoxy) is 2. The number of amides is 2. The van der Waals surface area contributed by atoms with Crippen LogP contribution in [0.4, 0.5) is 0 Å². The van der Waals surface area contributed by atoms with Gasteiger partial charge in [-0.15, -0.1) is 0 Å². The van der Waals surface area contributed by atoms with Gasteiger partial charge in [0.15, 0.2) is 0 Å². The molecule has 7 heteroatoms. The van der Waals surface area contributed by atoms with Gasteiger partial charge in [-0.2, -0.15) is 0 Å². The van der Waals surface area contributed by atoms with Crippen molar-refractivity contribution < 1.29 is 19.1 Å². The first-order chi connectivity index (χ1) is 17.1. The lowest BCUT2D eigenvalue weighted by atomic mass is 9.75. The van der Waals surface area contributed by atoms with Crippen molar-refractivity contribution in [1.29, 1.82) is 0 Å². The Morgan fingerprint density at radius 2 is 1.77 bits per heavy atom. The van der Waals surface area contributed by atoms with E-state index >= 15 is 0 Å². The van der Waals surface area contributed by atoms with Crippen molar-refractivity contribution in [2.45, 2.75) is 44.9 Å². The fraction of sp³-hybridized carbons (Fsp3) is 0.500. The number of likely N-dealkylation sites (tertiary alicyclic amines) is 1. The number of hydrogen-bond acceptors (Lipinski definition) is 4. The average Bonchev–Trinajstić information content (AvgIpc) is 2.88. The number of hydrogen-bond donors (Lipinski definition) is 1. The van der Waals surface area contributed by atoms with Gasteiger partial charge in [0.1, 0.15) is 5.75 Å². The molecule has 35 heavy (non-hydrogen) atoms. The summed E-state index contributed by atoms with van der Waals surface area (Å²) < 4.78 is 12.0. The minimum Gasteiger partial charge on any atom is -0.492 e. The van der Waals surface area contributed by atoms with E-state index in [1.165, 1.54) is 0 Å². The molecule has 0 aromatic heterocycles. The first kappa shape index (κ1) is 25.5. The van der Waals surface area contributed by atoms with Crippen molar-refractivity contribution in [3.8, 4) is 5.75 Å². The monoisotopic (exact) mass is 498 g/mol. The van der Waals surface area contributed by atoms with Crippen LogP contribution in [0.3, 0.4) is 0 Å². The lowest BCUT2D eigenvalue weighted by Crippen LogP contribution is -2.45. The number of halogens is 1. The average molecular weight is 499 g/mol. The number of carbonyl (C=O) groups is 2. The fourth-order valence-electron chi connectivity index (χ4n) is 4.95. The molecule has 2 aliphatic heterocycles. The first-order valence-electron chi connectivity index (χ1n) is 12.7. The lowest BCUT2D eigenvalue weighted by molar-refractivity contribution is -0.134. The number of fused-ring (bicyclic) bond motifs is 1. The molecule has 2 aromatic carbocycles. The van der Waals surface area contributed by atoms with Crippen molar-refractivity contribution in [2.24, 2.45) is 5.41 Å². The number of aryl methyl sites for hydroxylation is 1. The predicted octanol–water partition coefficient (Wildman–Crippen LogP) is 4.89. The zero-order valence-electron chi connectivity index (χ0n) is 20.3. The summed E-state index contributed by atoms with van der Waals surface area (Å²) in [6, 6.07) is 15.1. The Bertz CT molecular complexity index is 1000. The van der Waals surface area contributed by atoms with Crippen LogP contribution >= 0.6 is 11.6 Å². The molecule has 0 bridgehead atoms. The van der Waals surface area contributed by atoms with Crippen LogP contribution in [0.15, 0.2) is 48.5 Å². The van der Waals surface area contributed by atoms with Gasteiger partial charge in [-0.3, -0.25) is 9.59 Å². The van der Waals surface area contributed by atoms with Gasteiger partial charge in [0.05, 0.1) is 18.8 Å². The highest BCUT2D eigenvalue weighted by Crippen LogP contribution is 2.38. The molecule has 6 nitrogen and oxygen atoms in total. The molecule has 0 unspecified atom stereocenters. The Morgan fingerprint density at radius 3 is 2.60 bits per heavy atom. The van der Waals surface area contributed by atoms with E-state index in [9.17, 15) is 9.59 Å². The Balaban J connectivity index is 1.39. The number of para-hydroxylation sites is 1. The second kappa shape index (κ2) is 12.4. The van der Waals surface area contributed by atoms with Crippen molar-refractivity contribution >= 4 is 23.4 Å². The van der Waals surface area contributed by atoms with E-state index in [0.29, 0.717) is 55.5 Å². The summed E-state index contributed by atoms with van der Waals surface area (Å²) in [5.74, 6) is 0.645. The largest absolute Gasteiger partial charge is 0.492 e. The standard InChI is InChI=1S/C28H35ClN2O4/c29-24-9-3-1-7-22(24)11-12-26(32)31-17-14-28(15-18-31)13-5-6-19-34-20-16-30-27(33)23-8-2-4-10-25(23)35-21-28/h1-4,7-10H,5-6,11-21H2,(H,30,33). The van der Waals surface area contributed by atoms with Crippen LogP contribution < -0.4 is 10.1 Å². The minimum absolute atomic E-state index is 0.0206. The van der Waals surface area contributed by atoms with Crippen LogP contribution in [0.2, 0.25) is 5.02 Å². The molecule has 188 valence electrons. The normalized spacial score (nSPS) is 19.2. The predicted molar refractivity (Wildman–Crippen MR) is 137 cm³/mol. The fourth-order valence-corrected chi connectivity index (χ4v) is 5.18. The van der Waals surface area contributed by atoms with Gasteiger partial charge in [0.2, 0.25) is 5.91 Å².